The molecule has 2 aromatic rings. The zero-order valence-corrected chi connectivity index (χ0v) is 10.1. The summed E-state index contributed by atoms with van der Waals surface area (Å²) in [5.74, 6) is 1.78. The third-order valence-electron chi connectivity index (χ3n) is 3.33. The van der Waals surface area contributed by atoms with E-state index >= 15 is 0 Å². The smallest absolute Gasteiger partial charge is 0.132 e. The molecule has 1 saturated carbocycles. The van der Waals surface area contributed by atoms with E-state index < -0.39 is 0 Å². The number of pyridine rings is 1. The van der Waals surface area contributed by atoms with Gasteiger partial charge in [0.15, 0.2) is 0 Å². The number of anilines is 1. The number of rotatable bonds is 2. The summed E-state index contributed by atoms with van der Waals surface area (Å²) < 4.78 is 2.15. The summed E-state index contributed by atoms with van der Waals surface area (Å²) in [5, 5.41) is 0. The van der Waals surface area contributed by atoms with Gasteiger partial charge in [-0.25, -0.2) is 4.98 Å². The number of imidazole rings is 1. The molecule has 0 bridgehead atoms. The minimum Gasteiger partial charge on any atom is -0.383 e. The molecule has 4 nitrogen and oxygen atoms in total. The fourth-order valence-corrected chi connectivity index (χ4v) is 2.27. The highest BCUT2D eigenvalue weighted by Gasteiger charge is 2.28. The second-order valence-electron chi connectivity index (χ2n) is 4.68. The molecule has 17 heavy (non-hydrogen) atoms. The minimum atomic E-state index is 0.563. The summed E-state index contributed by atoms with van der Waals surface area (Å²) >= 11 is 0. The van der Waals surface area contributed by atoms with Crippen molar-refractivity contribution < 1.29 is 0 Å². The molecule has 0 unspecified atom stereocenters. The van der Waals surface area contributed by atoms with Gasteiger partial charge in [-0.1, -0.05) is 0 Å². The monoisotopic (exact) mass is 228 g/mol. The van der Waals surface area contributed by atoms with Gasteiger partial charge in [0.1, 0.15) is 17.3 Å². The van der Waals surface area contributed by atoms with Crippen LogP contribution in [0.2, 0.25) is 0 Å². The van der Waals surface area contributed by atoms with Crippen LogP contribution < -0.4 is 5.73 Å². The lowest BCUT2D eigenvalue weighted by atomic mass is 10.1. The molecule has 1 fully saturated rings. The van der Waals surface area contributed by atoms with E-state index in [4.69, 9.17) is 5.73 Å². The van der Waals surface area contributed by atoms with E-state index in [1.807, 2.05) is 19.2 Å². The molecule has 4 heteroatoms. The number of hydrogen-bond donors (Lipinski definition) is 1. The van der Waals surface area contributed by atoms with Gasteiger partial charge in [0.2, 0.25) is 0 Å². The van der Waals surface area contributed by atoms with Crippen LogP contribution in [0.3, 0.4) is 0 Å². The van der Waals surface area contributed by atoms with Gasteiger partial charge in [0.25, 0.3) is 0 Å². The van der Waals surface area contributed by atoms with Crippen molar-refractivity contribution >= 4 is 5.82 Å². The lowest BCUT2D eigenvalue weighted by Crippen LogP contribution is -2.02. The SMILES string of the molecule is Cc1ccncc1-c1nc(C)n(C2CC2)c1N. The number of nitrogens with zero attached hydrogens (tertiary/aromatic N) is 3. The van der Waals surface area contributed by atoms with Gasteiger partial charge in [-0.2, -0.15) is 0 Å². The van der Waals surface area contributed by atoms with Crippen molar-refractivity contribution in [3.8, 4) is 11.3 Å². The number of nitrogen functional groups attached to an aromatic ring is 1. The van der Waals surface area contributed by atoms with Gasteiger partial charge in [-0.05, 0) is 38.3 Å². The molecule has 1 aliphatic rings. The Kier molecular flexibility index (Phi) is 2.18. The summed E-state index contributed by atoms with van der Waals surface area (Å²) in [4.78, 5) is 8.76. The number of nitrogens with two attached hydrogens (primary N) is 1. The van der Waals surface area contributed by atoms with Crippen LogP contribution in [-0.4, -0.2) is 14.5 Å². The zero-order chi connectivity index (χ0) is 12.0. The maximum Gasteiger partial charge on any atom is 0.132 e. The Labute approximate surface area is 101 Å². The predicted molar refractivity (Wildman–Crippen MR) is 67.6 cm³/mol. The minimum absolute atomic E-state index is 0.563. The van der Waals surface area contributed by atoms with Crippen molar-refractivity contribution in [3.63, 3.8) is 0 Å². The van der Waals surface area contributed by atoms with Crippen LogP contribution >= 0.6 is 0 Å². The molecule has 0 saturated heterocycles. The summed E-state index contributed by atoms with van der Waals surface area (Å²) in [7, 11) is 0. The highest BCUT2D eigenvalue weighted by atomic mass is 15.2. The average Bonchev–Trinajstić information content (AvgIpc) is 3.07. The van der Waals surface area contributed by atoms with Gasteiger partial charge >= 0.3 is 0 Å². The summed E-state index contributed by atoms with van der Waals surface area (Å²) in [6.45, 7) is 4.08. The molecule has 2 N–H and O–H groups in total. The van der Waals surface area contributed by atoms with Gasteiger partial charge in [0.05, 0.1) is 0 Å². The molecular weight excluding hydrogens is 212 g/mol. The predicted octanol–water partition coefficient (Wildman–Crippen LogP) is 2.48. The highest BCUT2D eigenvalue weighted by molar-refractivity contribution is 5.73. The van der Waals surface area contributed by atoms with Gasteiger partial charge < -0.3 is 10.3 Å². The molecule has 0 amide bonds. The Bertz CT molecular complexity index is 567. The van der Waals surface area contributed by atoms with E-state index in [1.165, 1.54) is 12.8 Å². The van der Waals surface area contributed by atoms with Gasteiger partial charge in [-0.15, -0.1) is 0 Å². The second-order valence-corrected chi connectivity index (χ2v) is 4.68. The van der Waals surface area contributed by atoms with E-state index in [9.17, 15) is 0 Å². The fraction of sp³-hybridized carbons (Fsp3) is 0.385. The van der Waals surface area contributed by atoms with Crippen LogP contribution in [0.15, 0.2) is 18.5 Å². The van der Waals surface area contributed by atoms with Crippen molar-refractivity contribution in [2.24, 2.45) is 0 Å². The van der Waals surface area contributed by atoms with Crippen molar-refractivity contribution in [3.05, 3.63) is 29.8 Å². The summed E-state index contributed by atoms with van der Waals surface area (Å²) in [6.07, 6.45) is 6.06. The molecule has 2 heterocycles. The van der Waals surface area contributed by atoms with E-state index in [0.29, 0.717) is 6.04 Å². The maximum absolute atomic E-state index is 6.22. The third-order valence-corrected chi connectivity index (χ3v) is 3.33. The van der Waals surface area contributed by atoms with E-state index in [0.717, 1.165) is 28.5 Å². The Morgan fingerprint density at radius 3 is 2.76 bits per heavy atom. The van der Waals surface area contributed by atoms with Gasteiger partial charge in [-0.3, -0.25) is 4.98 Å². The van der Waals surface area contributed by atoms with Crippen LogP contribution in [0.4, 0.5) is 5.82 Å². The highest BCUT2D eigenvalue weighted by Crippen LogP contribution is 2.40. The molecule has 2 aromatic heterocycles. The van der Waals surface area contributed by atoms with E-state index in [-0.39, 0.29) is 0 Å². The molecule has 0 radical (unpaired) electrons. The quantitative estimate of drug-likeness (QED) is 0.859. The number of aryl methyl sites for hydroxylation is 2. The Balaban J connectivity index is 2.16. The van der Waals surface area contributed by atoms with Crippen molar-refractivity contribution in [1.82, 2.24) is 14.5 Å². The molecule has 88 valence electrons. The van der Waals surface area contributed by atoms with Crippen LogP contribution in [-0.2, 0) is 0 Å². The standard InChI is InChI=1S/C13H16N4/c1-8-5-6-15-7-11(8)12-13(14)17(9(2)16-12)10-3-4-10/h5-7,10H,3-4,14H2,1-2H3. The van der Waals surface area contributed by atoms with Crippen LogP contribution in [0.1, 0.15) is 30.3 Å². The molecule has 3 rings (SSSR count). The lowest BCUT2D eigenvalue weighted by Gasteiger charge is -2.06. The molecule has 0 spiro atoms. The molecule has 0 aromatic carbocycles. The first-order valence-corrected chi connectivity index (χ1v) is 5.93. The first kappa shape index (κ1) is 10.3. The van der Waals surface area contributed by atoms with Crippen LogP contribution in [0.25, 0.3) is 11.3 Å². The van der Waals surface area contributed by atoms with E-state index in [2.05, 4.69) is 21.5 Å². The van der Waals surface area contributed by atoms with E-state index in [1.54, 1.807) is 6.20 Å². The molecule has 0 aliphatic heterocycles. The zero-order valence-electron chi connectivity index (χ0n) is 10.1. The first-order chi connectivity index (χ1) is 8.18. The largest absolute Gasteiger partial charge is 0.383 e. The third kappa shape index (κ3) is 1.60. The second kappa shape index (κ2) is 3.58. The average molecular weight is 228 g/mol. The Hall–Kier alpha value is -1.84. The number of hydrogen-bond acceptors (Lipinski definition) is 3. The molecular formula is C13H16N4. The summed E-state index contributed by atoms with van der Waals surface area (Å²) in [6, 6.07) is 2.55. The van der Waals surface area contributed by atoms with Crippen molar-refractivity contribution in [2.75, 3.05) is 5.73 Å². The Morgan fingerprint density at radius 1 is 1.35 bits per heavy atom. The van der Waals surface area contributed by atoms with Gasteiger partial charge in [0, 0.05) is 24.0 Å². The van der Waals surface area contributed by atoms with Crippen LogP contribution in [0, 0.1) is 13.8 Å². The maximum atomic E-state index is 6.22. The Morgan fingerprint density at radius 2 is 2.12 bits per heavy atom. The summed E-state index contributed by atoms with van der Waals surface area (Å²) in [5.41, 5.74) is 9.29. The number of aromatic nitrogens is 3. The first-order valence-electron chi connectivity index (χ1n) is 5.93. The molecule has 0 atom stereocenters. The molecule has 1 aliphatic carbocycles. The topological polar surface area (TPSA) is 56.7 Å². The van der Waals surface area contributed by atoms with Crippen molar-refractivity contribution in [2.45, 2.75) is 32.7 Å². The van der Waals surface area contributed by atoms with Crippen molar-refractivity contribution in [1.29, 1.82) is 0 Å². The van der Waals surface area contributed by atoms with Crippen LogP contribution in [0.5, 0.6) is 0 Å². The normalized spacial score (nSPS) is 15.2. The fourth-order valence-electron chi connectivity index (χ4n) is 2.27. The lowest BCUT2D eigenvalue weighted by molar-refractivity contribution is 0.720.